The van der Waals surface area contributed by atoms with Crippen LogP contribution >= 0.6 is 0 Å². The smallest absolute Gasteiger partial charge is 0.308 e. The fourth-order valence-corrected chi connectivity index (χ4v) is 3.33. The van der Waals surface area contributed by atoms with Gasteiger partial charge in [-0.3, -0.25) is 14.4 Å². The van der Waals surface area contributed by atoms with Crippen molar-refractivity contribution in [2.75, 3.05) is 6.54 Å². The zero-order chi connectivity index (χ0) is 22.9. The van der Waals surface area contributed by atoms with E-state index in [-0.39, 0.29) is 12.5 Å². The van der Waals surface area contributed by atoms with Crippen LogP contribution in [0.4, 0.5) is 0 Å². The van der Waals surface area contributed by atoms with Gasteiger partial charge in [0.15, 0.2) is 0 Å². The average molecular weight is 431 g/mol. The van der Waals surface area contributed by atoms with Crippen LogP contribution in [0.1, 0.15) is 33.1 Å². The van der Waals surface area contributed by atoms with E-state index in [0.717, 1.165) is 11.1 Å². The Bertz CT molecular complexity index is 1050. The highest BCUT2D eigenvalue weighted by molar-refractivity contribution is 5.97. The molecule has 3 aromatic rings. The van der Waals surface area contributed by atoms with Crippen molar-refractivity contribution in [2.45, 2.75) is 19.4 Å². The highest BCUT2D eigenvalue weighted by Gasteiger charge is 2.25. The lowest BCUT2D eigenvalue weighted by molar-refractivity contribution is -0.141. The van der Waals surface area contributed by atoms with E-state index >= 15 is 0 Å². The average Bonchev–Trinajstić information content (AvgIpc) is 2.82. The number of carboxylic acid groups (broad SMARTS) is 1. The van der Waals surface area contributed by atoms with Crippen molar-refractivity contribution >= 4 is 17.8 Å². The van der Waals surface area contributed by atoms with E-state index in [1.54, 1.807) is 54.6 Å². The van der Waals surface area contributed by atoms with Gasteiger partial charge in [-0.15, -0.1) is 0 Å². The molecule has 3 aromatic carbocycles. The standard InChI is InChI=1S/C26H26N2O4/c1-18-12-14-19(15-13-18)16-22(26(31)32)17-27-25(30)23(20-8-4-2-5-9-20)28-24(29)21-10-6-3-7-11-21/h2-15,22-23H,16-17H2,1H3,(H,27,30)(H,28,29)(H,31,32). The maximum atomic E-state index is 13.0. The van der Waals surface area contributed by atoms with E-state index in [1.807, 2.05) is 37.3 Å². The minimum Gasteiger partial charge on any atom is -0.481 e. The molecular formula is C26H26N2O4. The first-order chi connectivity index (χ1) is 15.4. The summed E-state index contributed by atoms with van der Waals surface area (Å²) < 4.78 is 0. The van der Waals surface area contributed by atoms with Crippen molar-refractivity contribution in [2.24, 2.45) is 5.92 Å². The molecule has 3 rings (SSSR count). The van der Waals surface area contributed by atoms with Gasteiger partial charge in [-0.2, -0.15) is 0 Å². The fraction of sp³-hybridized carbons (Fsp3) is 0.192. The van der Waals surface area contributed by atoms with Gasteiger partial charge in [0.1, 0.15) is 6.04 Å². The van der Waals surface area contributed by atoms with Crippen LogP contribution in [0.25, 0.3) is 0 Å². The number of carboxylic acids is 1. The van der Waals surface area contributed by atoms with E-state index in [4.69, 9.17) is 0 Å². The number of hydrogen-bond acceptors (Lipinski definition) is 3. The topological polar surface area (TPSA) is 95.5 Å². The third kappa shape index (κ3) is 6.28. The van der Waals surface area contributed by atoms with Crippen molar-refractivity contribution in [3.63, 3.8) is 0 Å². The summed E-state index contributed by atoms with van der Waals surface area (Å²) in [4.78, 5) is 37.4. The number of amides is 2. The molecule has 0 aromatic heterocycles. The van der Waals surface area contributed by atoms with Crippen LogP contribution in [0, 0.1) is 12.8 Å². The van der Waals surface area contributed by atoms with Crippen molar-refractivity contribution in [3.8, 4) is 0 Å². The monoisotopic (exact) mass is 430 g/mol. The third-order valence-corrected chi connectivity index (χ3v) is 5.18. The Balaban J connectivity index is 1.71. The minimum absolute atomic E-state index is 0.0490. The summed E-state index contributed by atoms with van der Waals surface area (Å²) in [5.41, 5.74) is 3.02. The number of carbonyl (C=O) groups excluding carboxylic acids is 2. The number of carbonyl (C=O) groups is 3. The molecule has 0 saturated carbocycles. The lowest BCUT2D eigenvalue weighted by atomic mass is 9.98. The van der Waals surface area contributed by atoms with E-state index in [0.29, 0.717) is 17.5 Å². The molecule has 6 heteroatoms. The Morgan fingerprint density at radius 1 is 0.844 bits per heavy atom. The Morgan fingerprint density at radius 3 is 2.03 bits per heavy atom. The van der Waals surface area contributed by atoms with E-state index < -0.39 is 23.8 Å². The molecule has 3 N–H and O–H groups in total. The summed E-state index contributed by atoms with van der Waals surface area (Å²) in [7, 11) is 0. The van der Waals surface area contributed by atoms with Gasteiger partial charge in [0, 0.05) is 12.1 Å². The van der Waals surface area contributed by atoms with E-state index in [9.17, 15) is 19.5 Å². The van der Waals surface area contributed by atoms with E-state index in [1.165, 1.54) is 0 Å². The first kappa shape index (κ1) is 22.7. The van der Waals surface area contributed by atoms with Crippen LogP contribution in [0.3, 0.4) is 0 Å². The number of rotatable bonds is 9. The van der Waals surface area contributed by atoms with Gasteiger partial charge in [0.25, 0.3) is 5.91 Å². The summed E-state index contributed by atoms with van der Waals surface area (Å²) in [5, 5.41) is 15.1. The number of aliphatic carboxylic acids is 1. The molecule has 2 amide bonds. The molecule has 0 spiro atoms. The Labute approximate surface area is 187 Å². The Morgan fingerprint density at radius 2 is 1.44 bits per heavy atom. The molecule has 0 fully saturated rings. The Kier molecular flexibility index (Phi) is 7.75. The summed E-state index contributed by atoms with van der Waals surface area (Å²) in [6.07, 6.45) is 0.294. The van der Waals surface area contributed by atoms with E-state index in [2.05, 4.69) is 10.6 Å². The van der Waals surface area contributed by atoms with Gasteiger partial charge in [-0.1, -0.05) is 78.4 Å². The molecule has 32 heavy (non-hydrogen) atoms. The summed E-state index contributed by atoms with van der Waals surface area (Å²) in [6, 6.07) is 24.2. The van der Waals surface area contributed by atoms with Crippen molar-refractivity contribution in [1.82, 2.24) is 10.6 Å². The third-order valence-electron chi connectivity index (χ3n) is 5.18. The molecule has 2 atom stereocenters. The van der Waals surface area contributed by atoms with Gasteiger partial charge in [-0.05, 0) is 36.6 Å². The van der Waals surface area contributed by atoms with Gasteiger partial charge in [-0.25, -0.2) is 0 Å². The molecule has 2 unspecified atom stereocenters. The zero-order valence-corrected chi connectivity index (χ0v) is 17.8. The van der Waals surface area contributed by atoms with Gasteiger partial charge in [0.05, 0.1) is 5.92 Å². The molecule has 0 aliphatic heterocycles. The minimum atomic E-state index is -0.990. The predicted molar refractivity (Wildman–Crippen MR) is 122 cm³/mol. The highest BCUT2D eigenvalue weighted by atomic mass is 16.4. The van der Waals surface area contributed by atoms with Crippen LogP contribution in [0.5, 0.6) is 0 Å². The normalized spacial score (nSPS) is 12.4. The second kappa shape index (κ2) is 10.9. The number of hydrogen-bond donors (Lipinski definition) is 3. The lowest BCUT2D eigenvalue weighted by Gasteiger charge is -2.21. The Hall–Kier alpha value is -3.93. The number of benzene rings is 3. The second-order valence-electron chi connectivity index (χ2n) is 7.65. The number of nitrogens with one attached hydrogen (secondary N) is 2. The maximum absolute atomic E-state index is 13.0. The molecule has 0 heterocycles. The quantitative estimate of drug-likeness (QED) is 0.484. The zero-order valence-electron chi connectivity index (χ0n) is 17.8. The number of aryl methyl sites for hydroxylation is 1. The van der Waals surface area contributed by atoms with Gasteiger partial charge < -0.3 is 15.7 Å². The van der Waals surface area contributed by atoms with Crippen molar-refractivity contribution in [1.29, 1.82) is 0 Å². The molecule has 0 aliphatic carbocycles. The molecule has 6 nitrogen and oxygen atoms in total. The summed E-state index contributed by atoms with van der Waals surface area (Å²) in [5.74, 6) is -2.63. The summed E-state index contributed by atoms with van der Waals surface area (Å²) in [6.45, 7) is 1.92. The van der Waals surface area contributed by atoms with Crippen LogP contribution in [0.2, 0.25) is 0 Å². The largest absolute Gasteiger partial charge is 0.481 e. The van der Waals surface area contributed by atoms with Crippen LogP contribution in [-0.4, -0.2) is 29.4 Å². The maximum Gasteiger partial charge on any atom is 0.308 e. The molecular weight excluding hydrogens is 404 g/mol. The summed E-state index contributed by atoms with van der Waals surface area (Å²) >= 11 is 0. The predicted octanol–water partition coefficient (Wildman–Crippen LogP) is 3.53. The molecule has 0 radical (unpaired) electrons. The molecule has 0 saturated heterocycles. The van der Waals surface area contributed by atoms with Crippen LogP contribution < -0.4 is 10.6 Å². The molecule has 0 bridgehead atoms. The molecule has 164 valence electrons. The van der Waals surface area contributed by atoms with Gasteiger partial charge in [0.2, 0.25) is 5.91 Å². The first-order valence-corrected chi connectivity index (χ1v) is 10.4. The highest BCUT2D eigenvalue weighted by Crippen LogP contribution is 2.15. The fourth-order valence-electron chi connectivity index (χ4n) is 3.33. The molecule has 0 aliphatic rings. The van der Waals surface area contributed by atoms with Crippen LogP contribution in [-0.2, 0) is 16.0 Å². The van der Waals surface area contributed by atoms with Crippen molar-refractivity contribution < 1.29 is 19.5 Å². The lowest BCUT2D eigenvalue weighted by Crippen LogP contribution is -2.43. The van der Waals surface area contributed by atoms with Crippen LogP contribution in [0.15, 0.2) is 84.9 Å². The van der Waals surface area contributed by atoms with Crippen molar-refractivity contribution in [3.05, 3.63) is 107 Å². The first-order valence-electron chi connectivity index (χ1n) is 10.4. The SMILES string of the molecule is Cc1ccc(CC(CNC(=O)C(NC(=O)c2ccccc2)c2ccccc2)C(=O)O)cc1. The van der Waals surface area contributed by atoms with Gasteiger partial charge >= 0.3 is 5.97 Å². The second-order valence-corrected chi connectivity index (χ2v) is 7.65.